The van der Waals surface area contributed by atoms with Crippen molar-refractivity contribution in [2.45, 2.75) is 13.8 Å². The summed E-state index contributed by atoms with van der Waals surface area (Å²) in [5.41, 5.74) is 0.453. The van der Waals surface area contributed by atoms with E-state index in [1.807, 2.05) is 0 Å². The van der Waals surface area contributed by atoms with Crippen LogP contribution in [-0.2, 0) is 0 Å². The van der Waals surface area contributed by atoms with E-state index in [0.29, 0.717) is 5.56 Å². The number of benzene rings is 1. The number of phenolic OH excluding ortho intramolecular Hbond substituents is 1. The fraction of sp³-hybridized carbons (Fsp3) is 0.300. The van der Waals surface area contributed by atoms with Gasteiger partial charge in [-0.2, -0.15) is 4.39 Å². The van der Waals surface area contributed by atoms with Crippen LogP contribution in [0.15, 0.2) is 6.07 Å². The first-order chi connectivity index (χ1) is 6.49. The van der Waals surface area contributed by atoms with Crippen LogP contribution in [0.2, 0.25) is 0 Å². The molecule has 0 unspecified atom stereocenters. The van der Waals surface area contributed by atoms with Crippen molar-refractivity contribution >= 4 is 5.78 Å². The summed E-state index contributed by atoms with van der Waals surface area (Å²) in [5.74, 6) is -1.96. The Kier molecular flexibility index (Phi) is 2.74. The molecule has 4 heteroatoms. The van der Waals surface area contributed by atoms with Crippen molar-refractivity contribution in [3.63, 3.8) is 0 Å². The molecule has 0 aliphatic carbocycles. The normalized spacial score (nSPS) is 10.0. The first kappa shape index (κ1) is 10.5. The van der Waals surface area contributed by atoms with Crippen LogP contribution in [-0.4, -0.2) is 18.0 Å². The lowest BCUT2D eigenvalue weighted by molar-refractivity contribution is 0.101. The van der Waals surface area contributed by atoms with Gasteiger partial charge in [-0.15, -0.1) is 0 Å². The Hall–Kier alpha value is -1.58. The summed E-state index contributed by atoms with van der Waals surface area (Å²) in [4.78, 5) is 11.0. The molecule has 0 atom stereocenters. The second-order valence-electron chi connectivity index (χ2n) is 2.99. The third kappa shape index (κ3) is 1.55. The van der Waals surface area contributed by atoms with Crippen LogP contribution in [0.4, 0.5) is 4.39 Å². The van der Waals surface area contributed by atoms with E-state index in [2.05, 4.69) is 0 Å². The number of methoxy groups -OCH3 is 1. The summed E-state index contributed by atoms with van der Waals surface area (Å²) in [5, 5.41) is 9.33. The van der Waals surface area contributed by atoms with Crippen LogP contribution in [0.1, 0.15) is 22.8 Å². The van der Waals surface area contributed by atoms with E-state index in [9.17, 15) is 14.3 Å². The monoisotopic (exact) mass is 198 g/mol. The molecule has 3 nitrogen and oxygen atoms in total. The Morgan fingerprint density at radius 3 is 2.57 bits per heavy atom. The SMILES string of the molecule is COc1c(C)cc(C(C)=O)c(O)c1F. The molecule has 1 rings (SSSR count). The molecule has 1 aromatic rings. The topological polar surface area (TPSA) is 46.5 Å². The summed E-state index contributed by atoms with van der Waals surface area (Å²) in [6.45, 7) is 2.87. The molecule has 0 radical (unpaired) electrons. The predicted molar refractivity (Wildman–Crippen MR) is 49.4 cm³/mol. The maximum Gasteiger partial charge on any atom is 0.207 e. The van der Waals surface area contributed by atoms with Gasteiger partial charge in [-0.05, 0) is 25.5 Å². The van der Waals surface area contributed by atoms with Crippen LogP contribution >= 0.6 is 0 Å². The van der Waals surface area contributed by atoms with Gasteiger partial charge in [0.2, 0.25) is 5.82 Å². The number of rotatable bonds is 2. The van der Waals surface area contributed by atoms with E-state index in [1.54, 1.807) is 6.92 Å². The fourth-order valence-electron chi connectivity index (χ4n) is 1.27. The molecule has 14 heavy (non-hydrogen) atoms. The Bertz CT molecular complexity index is 385. The average Bonchev–Trinajstić information content (AvgIpc) is 2.12. The first-order valence-electron chi connectivity index (χ1n) is 4.06. The highest BCUT2D eigenvalue weighted by atomic mass is 19.1. The van der Waals surface area contributed by atoms with Crippen molar-refractivity contribution in [2.75, 3.05) is 7.11 Å². The van der Waals surface area contributed by atoms with E-state index < -0.39 is 11.6 Å². The van der Waals surface area contributed by atoms with Crippen LogP contribution < -0.4 is 4.74 Å². The smallest absolute Gasteiger partial charge is 0.207 e. The highest BCUT2D eigenvalue weighted by molar-refractivity contribution is 5.97. The zero-order valence-electron chi connectivity index (χ0n) is 8.22. The number of carbonyl (C=O) groups is 1. The molecule has 0 aromatic heterocycles. The Morgan fingerprint density at radius 1 is 1.57 bits per heavy atom. The number of carbonyl (C=O) groups excluding carboxylic acids is 1. The van der Waals surface area contributed by atoms with E-state index >= 15 is 0 Å². The molecule has 1 N–H and O–H groups in total. The summed E-state index contributed by atoms with van der Waals surface area (Å²) in [7, 11) is 1.30. The number of ether oxygens (including phenoxy) is 1. The summed E-state index contributed by atoms with van der Waals surface area (Å²) in [6, 6.07) is 1.40. The molecule has 0 heterocycles. The Morgan fingerprint density at radius 2 is 2.14 bits per heavy atom. The van der Waals surface area contributed by atoms with E-state index in [4.69, 9.17) is 4.74 Å². The van der Waals surface area contributed by atoms with Gasteiger partial charge >= 0.3 is 0 Å². The number of halogens is 1. The Balaban J connectivity index is 3.47. The minimum Gasteiger partial charge on any atom is -0.504 e. The average molecular weight is 198 g/mol. The minimum absolute atomic E-state index is 0.0270. The van der Waals surface area contributed by atoms with E-state index in [-0.39, 0.29) is 17.1 Å². The molecule has 0 aliphatic rings. The van der Waals surface area contributed by atoms with Crippen LogP contribution in [0.25, 0.3) is 0 Å². The number of aryl methyl sites for hydroxylation is 1. The first-order valence-corrected chi connectivity index (χ1v) is 4.06. The van der Waals surface area contributed by atoms with Gasteiger partial charge in [0.1, 0.15) is 0 Å². The number of ketones is 1. The molecular formula is C10H11FO3. The van der Waals surface area contributed by atoms with Gasteiger partial charge < -0.3 is 9.84 Å². The molecule has 0 aliphatic heterocycles. The molecule has 1 aromatic carbocycles. The molecule has 0 fully saturated rings. The fourth-order valence-corrected chi connectivity index (χ4v) is 1.27. The van der Waals surface area contributed by atoms with Crippen molar-refractivity contribution in [3.05, 3.63) is 23.0 Å². The van der Waals surface area contributed by atoms with Crippen LogP contribution in [0.3, 0.4) is 0 Å². The maximum absolute atomic E-state index is 13.4. The second-order valence-corrected chi connectivity index (χ2v) is 2.99. The lowest BCUT2D eigenvalue weighted by Crippen LogP contribution is -1.99. The third-order valence-corrected chi connectivity index (χ3v) is 1.96. The predicted octanol–water partition coefficient (Wildman–Crippen LogP) is 2.05. The van der Waals surface area contributed by atoms with E-state index in [1.165, 1.54) is 20.1 Å². The summed E-state index contributed by atoms with van der Waals surface area (Å²) in [6.07, 6.45) is 0. The molecule has 0 saturated heterocycles. The largest absolute Gasteiger partial charge is 0.504 e. The van der Waals surface area contributed by atoms with Gasteiger partial charge in [-0.25, -0.2) is 0 Å². The molecular weight excluding hydrogens is 187 g/mol. The molecule has 76 valence electrons. The van der Waals surface area contributed by atoms with Gasteiger partial charge in [0.15, 0.2) is 17.3 Å². The molecule has 0 saturated carbocycles. The number of aromatic hydroxyl groups is 1. The number of hydrogen-bond donors (Lipinski definition) is 1. The van der Waals surface area contributed by atoms with Gasteiger partial charge in [0, 0.05) is 0 Å². The van der Waals surface area contributed by atoms with Crippen molar-refractivity contribution in [1.82, 2.24) is 0 Å². The van der Waals surface area contributed by atoms with Crippen LogP contribution in [0.5, 0.6) is 11.5 Å². The second kappa shape index (κ2) is 3.65. The highest BCUT2D eigenvalue weighted by Gasteiger charge is 2.18. The minimum atomic E-state index is -0.891. The maximum atomic E-state index is 13.4. The van der Waals surface area contributed by atoms with Gasteiger partial charge in [0.25, 0.3) is 0 Å². The van der Waals surface area contributed by atoms with E-state index in [0.717, 1.165) is 0 Å². The molecule has 0 amide bonds. The van der Waals surface area contributed by atoms with Gasteiger partial charge in [0.05, 0.1) is 12.7 Å². The lowest BCUT2D eigenvalue weighted by Gasteiger charge is -2.09. The van der Waals surface area contributed by atoms with Crippen molar-refractivity contribution in [3.8, 4) is 11.5 Å². The number of hydrogen-bond acceptors (Lipinski definition) is 3. The number of phenols is 1. The van der Waals surface area contributed by atoms with Crippen LogP contribution in [0, 0.1) is 12.7 Å². The Labute approximate surface area is 81.1 Å². The van der Waals surface area contributed by atoms with Gasteiger partial charge in [-0.1, -0.05) is 0 Å². The molecule has 0 spiro atoms. The highest BCUT2D eigenvalue weighted by Crippen LogP contribution is 2.32. The summed E-state index contributed by atoms with van der Waals surface area (Å²) >= 11 is 0. The van der Waals surface area contributed by atoms with Gasteiger partial charge in [-0.3, -0.25) is 4.79 Å². The quantitative estimate of drug-likeness (QED) is 0.740. The third-order valence-electron chi connectivity index (χ3n) is 1.96. The molecule has 0 bridgehead atoms. The van der Waals surface area contributed by atoms with Crippen molar-refractivity contribution in [1.29, 1.82) is 0 Å². The zero-order valence-corrected chi connectivity index (χ0v) is 8.22. The van der Waals surface area contributed by atoms with Crippen molar-refractivity contribution in [2.24, 2.45) is 0 Å². The lowest BCUT2D eigenvalue weighted by atomic mass is 10.1. The zero-order chi connectivity index (χ0) is 10.9. The summed E-state index contributed by atoms with van der Waals surface area (Å²) < 4.78 is 18.1. The number of Topliss-reactive ketones (excluding diaryl/α,β-unsaturated/α-hetero) is 1. The standard InChI is InChI=1S/C10H11FO3/c1-5-4-7(6(2)12)9(13)8(11)10(5)14-3/h4,13H,1-3H3. The van der Waals surface area contributed by atoms with Crippen molar-refractivity contribution < 1.29 is 19.0 Å².